The molecule has 2 rings (SSSR count). The third kappa shape index (κ3) is 2.27. The van der Waals surface area contributed by atoms with Gasteiger partial charge in [0.25, 0.3) is 0 Å². The Balaban J connectivity index is 2.09. The van der Waals surface area contributed by atoms with Crippen molar-refractivity contribution in [2.24, 2.45) is 11.7 Å². The van der Waals surface area contributed by atoms with Crippen molar-refractivity contribution in [2.75, 3.05) is 13.1 Å². The second-order valence-electron chi connectivity index (χ2n) is 6.00. The monoisotopic (exact) mass is 226 g/mol. The summed E-state index contributed by atoms with van der Waals surface area (Å²) in [6.07, 6.45) is 7.30. The van der Waals surface area contributed by atoms with Gasteiger partial charge in [0, 0.05) is 6.54 Å². The maximum atomic E-state index is 10.9. The number of piperidine rings is 1. The van der Waals surface area contributed by atoms with Crippen LogP contribution in [0.3, 0.4) is 0 Å². The van der Waals surface area contributed by atoms with E-state index in [4.69, 9.17) is 5.73 Å². The van der Waals surface area contributed by atoms with Gasteiger partial charge in [-0.25, -0.2) is 0 Å². The lowest BCUT2D eigenvalue weighted by Gasteiger charge is -2.47. The molecule has 1 saturated carbocycles. The van der Waals surface area contributed by atoms with Crippen molar-refractivity contribution < 1.29 is 5.11 Å². The van der Waals surface area contributed by atoms with Gasteiger partial charge in [0.1, 0.15) is 0 Å². The van der Waals surface area contributed by atoms with Crippen LogP contribution in [-0.4, -0.2) is 29.3 Å². The van der Waals surface area contributed by atoms with Gasteiger partial charge in [-0.1, -0.05) is 19.8 Å². The minimum Gasteiger partial charge on any atom is -0.388 e. The maximum Gasteiger partial charge on any atom is 0.0838 e. The standard InChI is InChI=1S/C13H26N2O/c1-11-4-2-7-13(16,8-5-11)12(14)6-3-9-15-10-12/h11,15-16H,2-10,14H2,1H3. The average Bonchev–Trinajstić information content (AvgIpc) is 2.43. The molecule has 16 heavy (non-hydrogen) atoms. The summed E-state index contributed by atoms with van der Waals surface area (Å²) in [5.41, 5.74) is 5.44. The maximum absolute atomic E-state index is 10.9. The summed E-state index contributed by atoms with van der Waals surface area (Å²) < 4.78 is 0. The summed E-state index contributed by atoms with van der Waals surface area (Å²) in [6.45, 7) is 4.11. The topological polar surface area (TPSA) is 58.3 Å². The zero-order valence-electron chi connectivity index (χ0n) is 10.5. The molecule has 1 aliphatic heterocycles. The Hall–Kier alpha value is -0.120. The Labute approximate surface area is 98.8 Å². The Kier molecular flexibility index (Phi) is 3.57. The van der Waals surface area contributed by atoms with Gasteiger partial charge in [-0.05, 0) is 44.6 Å². The summed E-state index contributed by atoms with van der Waals surface area (Å²) in [6, 6.07) is 0. The van der Waals surface area contributed by atoms with Crippen LogP contribution in [-0.2, 0) is 0 Å². The van der Waals surface area contributed by atoms with Crippen LogP contribution >= 0.6 is 0 Å². The van der Waals surface area contributed by atoms with E-state index in [0.717, 1.165) is 57.5 Å². The van der Waals surface area contributed by atoms with E-state index in [1.165, 1.54) is 6.42 Å². The molecule has 1 saturated heterocycles. The predicted molar refractivity (Wildman–Crippen MR) is 66.2 cm³/mol. The Morgan fingerprint density at radius 1 is 1.19 bits per heavy atom. The number of aliphatic hydroxyl groups is 1. The summed E-state index contributed by atoms with van der Waals surface area (Å²) in [5.74, 6) is 0.745. The lowest BCUT2D eigenvalue weighted by Crippen LogP contribution is -2.67. The highest BCUT2D eigenvalue weighted by Crippen LogP contribution is 2.39. The molecule has 3 nitrogen and oxygen atoms in total. The van der Waals surface area contributed by atoms with Gasteiger partial charge in [0.15, 0.2) is 0 Å². The smallest absolute Gasteiger partial charge is 0.0838 e. The summed E-state index contributed by atoms with van der Waals surface area (Å²) in [5, 5.41) is 14.2. The van der Waals surface area contributed by atoms with Crippen molar-refractivity contribution in [3.05, 3.63) is 0 Å². The van der Waals surface area contributed by atoms with Gasteiger partial charge in [0.05, 0.1) is 11.1 Å². The van der Waals surface area contributed by atoms with Crippen molar-refractivity contribution in [3.8, 4) is 0 Å². The fourth-order valence-electron chi connectivity index (χ4n) is 3.32. The van der Waals surface area contributed by atoms with Crippen molar-refractivity contribution in [2.45, 2.75) is 63.0 Å². The van der Waals surface area contributed by atoms with Crippen molar-refractivity contribution >= 4 is 0 Å². The van der Waals surface area contributed by atoms with Crippen LogP contribution in [0.25, 0.3) is 0 Å². The molecule has 0 amide bonds. The van der Waals surface area contributed by atoms with E-state index in [1.54, 1.807) is 0 Å². The van der Waals surface area contributed by atoms with Gasteiger partial charge in [-0.2, -0.15) is 0 Å². The van der Waals surface area contributed by atoms with Crippen LogP contribution < -0.4 is 11.1 Å². The molecule has 3 unspecified atom stereocenters. The lowest BCUT2D eigenvalue weighted by atomic mass is 9.71. The third-order valence-electron chi connectivity index (χ3n) is 4.68. The van der Waals surface area contributed by atoms with E-state index in [1.807, 2.05) is 0 Å². The van der Waals surface area contributed by atoms with Crippen LogP contribution in [0, 0.1) is 5.92 Å². The quantitative estimate of drug-likeness (QED) is 0.592. The summed E-state index contributed by atoms with van der Waals surface area (Å²) in [7, 11) is 0. The zero-order chi connectivity index (χ0) is 11.6. The molecular formula is C13H26N2O. The molecule has 0 bridgehead atoms. The number of nitrogens with one attached hydrogen (secondary N) is 1. The van der Waals surface area contributed by atoms with Crippen LogP contribution in [0.1, 0.15) is 51.9 Å². The van der Waals surface area contributed by atoms with E-state index in [-0.39, 0.29) is 0 Å². The predicted octanol–water partition coefficient (Wildman–Crippen LogP) is 1.40. The fourth-order valence-corrected chi connectivity index (χ4v) is 3.32. The minimum absolute atomic E-state index is 0.394. The molecule has 94 valence electrons. The van der Waals surface area contributed by atoms with Gasteiger partial charge in [0.2, 0.25) is 0 Å². The van der Waals surface area contributed by atoms with E-state index in [9.17, 15) is 5.11 Å². The summed E-state index contributed by atoms with van der Waals surface area (Å²) in [4.78, 5) is 0. The summed E-state index contributed by atoms with van der Waals surface area (Å²) >= 11 is 0. The van der Waals surface area contributed by atoms with E-state index >= 15 is 0 Å². The van der Waals surface area contributed by atoms with Crippen molar-refractivity contribution in [3.63, 3.8) is 0 Å². The molecule has 0 aromatic rings. The molecule has 0 spiro atoms. The van der Waals surface area contributed by atoms with E-state index < -0.39 is 11.1 Å². The number of nitrogens with two attached hydrogens (primary N) is 1. The molecule has 2 fully saturated rings. The molecule has 0 aromatic carbocycles. The van der Waals surface area contributed by atoms with Crippen molar-refractivity contribution in [1.29, 1.82) is 0 Å². The minimum atomic E-state index is -0.634. The Morgan fingerprint density at radius 3 is 2.69 bits per heavy atom. The van der Waals surface area contributed by atoms with Crippen LogP contribution in [0.5, 0.6) is 0 Å². The van der Waals surface area contributed by atoms with Gasteiger partial charge in [-0.3, -0.25) is 0 Å². The van der Waals surface area contributed by atoms with Crippen molar-refractivity contribution in [1.82, 2.24) is 5.32 Å². The lowest BCUT2D eigenvalue weighted by molar-refractivity contribution is -0.0579. The fraction of sp³-hybridized carbons (Fsp3) is 1.00. The van der Waals surface area contributed by atoms with Crippen LogP contribution in [0.4, 0.5) is 0 Å². The number of hydrogen-bond acceptors (Lipinski definition) is 3. The Morgan fingerprint density at radius 2 is 2.00 bits per heavy atom. The second-order valence-corrected chi connectivity index (χ2v) is 6.00. The second kappa shape index (κ2) is 4.63. The first-order chi connectivity index (χ1) is 7.56. The molecule has 0 aromatic heterocycles. The first-order valence-electron chi connectivity index (χ1n) is 6.78. The first kappa shape index (κ1) is 12.3. The average molecular weight is 226 g/mol. The SMILES string of the molecule is CC1CCCC(O)(C2(N)CCCNC2)CC1. The molecule has 3 heteroatoms. The molecule has 1 aliphatic carbocycles. The molecule has 2 aliphatic rings. The molecule has 1 heterocycles. The van der Waals surface area contributed by atoms with Crippen LogP contribution in [0.2, 0.25) is 0 Å². The third-order valence-corrected chi connectivity index (χ3v) is 4.68. The molecular weight excluding hydrogens is 200 g/mol. The number of rotatable bonds is 1. The normalized spacial score (nSPS) is 46.3. The Bertz CT molecular complexity index is 238. The highest BCUT2D eigenvalue weighted by Gasteiger charge is 2.47. The van der Waals surface area contributed by atoms with E-state index in [0.29, 0.717) is 0 Å². The molecule has 0 radical (unpaired) electrons. The van der Waals surface area contributed by atoms with Gasteiger partial charge >= 0.3 is 0 Å². The first-order valence-corrected chi connectivity index (χ1v) is 6.78. The van der Waals surface area contributed by atoms with Gasteiger partial charge < -0.3 is 16.2 Å². The highest BCUT2D eigenvalue weighted by molar-refractivity contribution is 5.07. The highest BCUT2D eigenvalue weighted by atomic mass is 16.3. The molecule has 3 atom stereocenters. The van der Waals surface area contributed by atoms with Gasteiger partial charge in [-0.15, -0.1) is 0 Å². The molecule has 4 N–H and O–H groups in total. The van der Waals surface area contributed by atoms with Crippen LogP contribution in [0.15, 0.2) is 0 Å². The largest absolute Gasteiger partial charge is 0.388 e. The zero-order valence-corrected chi connectivity index (χ0v) is 10.5. The number of hydrogen-bond donors (Lipinski definition) is 3. The van der Waals surface area contributed by atoms with E-state index in [2.05, 4.69) is 12.2 Å².